The van der Waals surface area contributed by atoms with Gasteiger partial charge >= 0.3 is 0 Å². The molecule has 7 nitrogen and oxygen atoms in total. The van der Waals surface area contributed by atoms with E-state index in [0.29, 0.717) is 34.3 Å². The summed E-state index contributed by atoms with van der Waals surface area (Å²) in [6.07, 6.45) is 0.631. The first kappa shape index (κ1) is 20.6. The number of carbonyl (C=O) groups is 2. The van der Waals surface area contributed by atoms with Crippen LogP contribution in [0.1, 0.15) is 30.6 Å². The Balaban J connectivity index is 1.71. The summed E-state index contributed by atoms with van der Waals surface area (Å²) in [5.41, 5.74) is 8.60. The van der Waals surface area contributed by atoms with Crippen molar-refractivity contribution in [2.45, 2.75) is 30.7 Å². The van der Waals surface area contributed by atoms with Crippen molar-refractivity contribution in [1.29, 1.82) is 0 Å². The Morgan fingerprint density at radius 1 is 1.10 bits per heavy atom. The van der Waals surface area contributed by atoms with Gasteiger partial charge < -0.3 is 15.6 Å². The van der Waals surface area contributed by atoms with Crippen molar-refractivity contribution in [3.63, 3.8) is 0 Å². The fourth-order valence-electron chi connectivity index (χ4n) is 2.76. The van der Waals surface area contributed by atoms with E-state index < -0.39 is 0 Å². The second-order valence-electron chi connectivity index (χ2n) is 6.62. The number of nitrogen functional groups attached to an aromatic ring is 1. The number of benzene rings is 2. The van der Waals surface area contributed by atoms with E-state index in [2.05, 4.69) is 15.5 Å². The number of nitrogens with zero attached hydrogens (tertiary/aromatic N) is 3. The Morgan fingerprint density at radius 3 is 2.34 bits per heavy atom. The molecule has 0 bridgehead atoms. The van der Waals surface area contributed by atoms with Crippen LogP contribution >= 0.6 is 11.8 Å². The molecule has 0 radical (unpaired) electrons. The average molecular weight is 410 g/mol. The highest BCUT2D eigenvalue weighted by Crippen LogP contribution is 2.28. The Hall–Kier alpha value is -3.13. The predicted molar refractivity (Wildman–Crippen MR) is 116 cm³/mol. The number of anilines is 2. The Kier molecular flexibility index (Phi) is 6.33. The lowest BCUT2D eigenvalue weighted by Crippen LogP contribution is -2.25. The van der Waals surface area contributed by atoms with Gasteiger partial charge in [0.05, 0.1) is 5.25 Å². The van der Waals surface area contributed by atoms with Crippen LogP contribution in [-0.4, -0.2) is 31.7 Å². The number of nitrogens with one attached hydrogen (secondary N) is 1. The highest BCUT2D eigenvalue weighted by Gasteiger charge is 2.22. The molecule has 0 spiro atoms. The van der Waals surface area contributed by atoms with Crippen LogP contribution in [-0.2, 0) is 11.8 Å². The average Bonchev–Trinajstić information content (AvgIpc) is 3.07. The second kappa shape index (κ2) is 8.91. The van der Waals surface area contributed by atoms with E-state index >= 15 is 0 Å². The zero-order chi connectivity index (χ0) is 21.0. The van der Waals surface area contributed by atoms with Gasteiger partial charge in [0.15, 0.2) is 16.8 Å². The molecule has 0 saturated heterocycles. The van der Waals surface area contributed by atoms with Crippen molar-refractivity contribution in [2.75, 3.05) is 11.1 Å². The van der Waals surface area contributed by atoms with Crippen LogP contribution in [0.5, 0.6) is 0 Å². The Labute approximate surface area is 173 Å². The van der Waals surface area contributed by atoms with Gasteiger partial charge in [0.1, 0.15) is 0 Å². The molecule has 1 atom stereocenters. The van der Waals surface area contributed by atoms with Crippen LogP contribution in [0.25, 0.3) is 11.4 Å². The lowest BCUT2D eigenvalue weighted by molar-refractivity contribution is -0.115. The largest absolute Gasteiger partial charge is 0.399 e. The van der Waals surface area contributed by atoms with Gasteiger partial charge in [-0.2, -0.15) is 0 Å². The minimum Gasteiger partial charge on any atom is -0.399 e. The SMILES string of the molecule is CC[C@@H](Sc1nnc(-c2ccc(N)cc2)n1C)C(=O)Nc1ccc(C(C)=O)cc1. The van der Waals surface area contributed by atoms with Crippen LogP contribution in [0, 0.1) is 0 Å². The number of amides is 1. The van der Waals surface area contributed by atoms with Gasteiger partial charge in [-0.25, -0.2) is 0 Å². The minimum absolute atomic E-state index is 0.0101. The number of rotatable bonds is 7. The first-order valence-corrected chi connectivity index (χ1v) is 10.1. The molecule has 0 aliphatic rings. The van der Waals surface area contributed by atoms with Gasteiger partial charge in [-0.15, -0.1) is 10.2 Å². The van der Waals surface area contributed by atoms with E-state index in [1.165, 1.54) is 18.7 Å². The smallest absolute Gasteiger partial charge is 0.237 e. The maximum atomic E-state index is 12.7. The molecule has 0 aliphatic carbocycles. The van der Waals surface area contributed by atoms with Crippen molar-refractivity contribution in [2.24, 2.45) is 7.05 Å². The standard InChI is InChI=1S/C21H23N5O2S/c1-4-18(20(28)23-17-11-7-14(8-12-17)13(2)27)29-21-25-24-19(26(21)3)15-5-9-16(22)10-6-15/h5-12,18H,4,22H2,1-3H3,(H,23,28)/t18-/m1/s1. The third-order valence-corrected chi connectivity index (χ3v) is 5.87. The van der Waals surface area contributed by atoms with Crippen molar-refractivity contribution in [3.05, 3.63) is 54.1 Å². The lowest BCUT2D eigenvalue weighted by Gasteiger charge is -2.14. The van der Waals surface area contributed by atoms with E-state index in [9.17, 15) is 9.59 Å². The number of hydrogen-bond acceptors (Lipinski definition) is 6. The molecule has 1 heterocycles. The first-order valence-electron chi connectivity index (χ1n) is 9.23. The second-order valence-corrected chi connectivity index (χ2v) is 7.79. The molecular formula is C21H23N5O2S. The molecule has 3 rings (SSSR count). The molecule has 1 amide bonds. The first-order chi connectivity index (χ1) is 13.9. The van der Waals surface area contributed by atoms with Gasteiger partial charge in [-0.3, -0.25) is 9.59 Å². The summed E-state index contributed by atoms with van der Waals surface area (Å²) in [5.74, 6) is 0.580. The van der Waals surface area contributed by atoms with Crippen molar-refractivity contribution < 1.29 is 9.59 Å². The van der Waals surface area contributed by atoms with E-state index in [-0.39, 0.29) is 16.9 Å². The van der Waals surface area contributed by atoms with Crippen molar-refractivity contribution in [1.82, 2.24) is 14.8 Å². The molecule has 0 saturated carbocycles. The molecule has 3 N–H and O–H groups in total. The highest BCUT2D eigenvalue weighted by atomic mass is 32.2. The minimum atomic E-state index is -0.329. The van der Waals surface area contributed by atoms with Crippen molar-refractivity contribution in [3.8, 4) is 11.4 Å². The Morgan fingerprint density at radius 2 is 1.76 bits per heavy atom. The quantitative estimate of drug-likeness (QED) is 0.350. The number of carbonyl (C=O) groups excluding carboxylic acids is 2. The van der Waals surface area contributed by atoms with E-state index in [1.54, 1.807) is 24.3 Å². The number of aromatic nitrogens is 3. The number of hydrogen-bond donors (Lipinski definition) is 2. The fraction of sp³-hybridized carbons (Fsp3) is 0.238. The summed E-state index contributed by atoms with van der Waals surface area (Å²) in [4.78, 5) is 24.1. The van der Waals surface area contributed by atoms with Crippen LogP contribution in [0.4, 0.5) is 11.4 Å². The van der Waals surface area contributed by atoms with Gasteiger partial charge in [0, 0.05) is 29.5 Å². The molecule has 3 aromatic rings. The molecule has 0 unspecified atom stereocenters. The maximum absolute atomic E-state index is 12.7. The zero-order valence-corrected chi connectivity index (χ0v) is 17.4. The summed E-state index contributed by atoms with van der Waals surface area (Å²) >= 11 is 1.37. The summed E-state index contributed by atoms with van der Waals surface area (Å²) in [6, 6.07) is 14.3. The topological polar surface area (TPSA) is 103 Å². The lowest BCUT2D eigenvalue weighted by atomic mass is 10.1. The third-order valence-electron chi connectivity index (χ3n) is 4.47. The number of thioether (sulfide) groups is 1. The molecular weight excluding hydrogens is 386 g/mol. The zero-order valence-electron chi connectivity index (χ0n) is 16.5. The number of ketones is 1. The summed E-state index contributed by atoms with van der Waals surface area (Å²) in [6.45, 7) is 3.46. The molecule has 1 aromatic heterocycles. The molecule has 0 fully saturated rings. The maximum Gasteiger partial charge on any atom is 0.237 e. The van der Waals surface area contributed by atoms with Crippen LogP contribution in [0.3, 0.4) is 0 Å². The monoisotopic (exact) mass is 409 g/mol. The normalized spacial score (nSPS) is 11.8. The van der Waals surface area contributed by atoms with Crippen LogP contribution in [0.15, 0.2) is 53.7 Å². The van der Waals surface area contributed by atoms with Crippen molar-refractivity contribution >= 4 is 34.8 Å². The van der Waals surface area contributed by atoms with Gasteiger partial charge in [-0.05, 0) is 61.9 Å². The van der Waals surface area contributed by atoms with E-state index in [4.69, 9.17) is 5.73 Å². The fourth-order valence-corrected chi connectivity index (χ4v) is 3.68. The van der Waals surface area contributed by atoms with E-state index in [0.717, 1.165) is 5.56 Å². The Bertz CT molecular complexity index is 1010. The van der Waals surface area contributed by atoms with Crippen LogP contribution in [0.2, 0.25) is 0 Å². The van der Waals surface area contributed by atoms with Gasteiger partial charge in [-0.1, -0.05) is 18.7 Å². The molecule has 0 aliphatic heterocycles. The highest BCUT2D eigenvalue weighted by molar-refractivity contribution is 8.00. The molecule has 29 heavy (non-hydrogen) atoms. The number of nitrogens with two attached hydrogens (primary N) is 1. The summed E-state index contributed by atoms with van der Waals surface area (Å²) in [7, 11) is 1.87. The summed E-state index contributed by atoms with van der Waals surface area (Å²) < 4.78 is 1.87. The van der Waals surface area contributed by atoms with Crippen LogP contribution < -0.4 is 11.1 Å². The molecule has 150 valence electrons. The van der Waals surface area contributed by atoms with E-state index in [1.807, 2.05) is 42.8 Å². The molecule has 2 aromatic carbocycles. The molecule has 8 heteroatoms. The number of Topliss-reactive ketones (excluding diaryl/α,β-unsaturated/α-hetero) is 1. The van der Waals surface area contributed by atoms with Gasteiger partial charge in [0.25, 0.3) is 0 Å². The summed E-state index contributed by atoms with van der Waals surface area (Å²) in [5, 5.41) is 11.7. The third kappa shape index (κ3) is 4.83. The van der Waals surface area contributed by atoms with Gasteiger partial charge in [0.2, 0.25) is 5.91 Å². The predicted octanol–water partition coefficient (Wildman–Crippen LogP) is 3.78.